The number of rotatable bonds is 11. The summed E-state index contributed by atoms with van der Waals surface area (Å²) in [6.07, 6.45) is 1.99. The van der Waals surface area contributed by atoms with E-state index in [9.17, 15) is 18.0 Å². The molecule has 0 saturated carbocycles. The molecule has 1 aromatic carbocycles. The maximum absolute atomic E-state index is 12.8. The molecule has 4 aromatic rings. The van der Waals surface area contributed by atoms with Crippen molar-refractivity contribution in [3.63, 3.8) is 0 Å². The Bertz CT molecular complexity index is 1580. The first-order chi connectivity index (χ1) is 20.6. The van der Waals surface area contributed by atoms with Gasteiger partial charge in [-0.25, -0.2) is 19.9 Å². The number of hydrogen-bond acceptors (Lipinski definition) is 11. The molecule has 1 aliphatic heterocycles. The van der Waals surface area contributed by atoms with Gasteiger partial charge in [-0.15, -0.1) is 0 Å². The zero-order valence-electron chi connectivity index (χ0n) is 23.7. The maximum Gasteiger partial charge on any atom is 0.401 e. The SMILES string of the molecule is CCC(=O)c1cnc(Nc2cnc(O[C@@H]3CCN(CC(F)(F)F)C3)cn2)cc1Nc1cccc(-c2ncn(C)n2)c1OC. The van der Waals surface area contributed by atoms with Crippen molar-refractivity contribution < 1.29 is 27.4 Å². The highest BCUT2D eigenvalue weighted by atomic mass is 19.4. The van der Waals surface area contributed by atoms with Crippen LogP contribution in [0.15, 0.2) is 49.2 Å². The number of halogens is 3. The van der Waals surface area contributed by atoms with Crippen LogP contribution in [0.25, 0.3) is 11.4 Å². The molecule has 3 aromatic heterocycles. The number of Topliss-reactive ketones (excluding diaryl/α,β-unsaturated/α-hetero) is 1. The Morgan fingerprint density at radius 2 is 1.88 bits per heavy atom. The third kappa shape index (κ3) is 7.35. The quantitative estimate of drug-likeness (QED) is 0.232. The molecule has 0 radical (unpaired) electrons. The minimum atomic E-state index is -4.25. The number of carbonyl (C=O) groups is 1. The number of hydrogen-bond donors (Lipinski definition) is 2. The molecule has 0 amide bonds. The van der Waals surface area contributed by atoms with Gasteiger partial charge in [-0.1, -0.05) is 13.0 Å². The fraction of sp³-hybridized carbons (Fsp3) is 0.357. The Hall–Kier alpha value is -4.79. The zero-order chi connectivity index (χ0) is 30.6. The molecule has 4 heterocycles. The average Bonchev–Trinajstić information content (AvgIpc) is 3.61. The molecule has 226 valence electrons. The van der Waals surface area contributed by atoms with Gasteiger partial charge in [0.25, 0.3) is 0 Å². The van der Waals surface area contributed by atoms with E-state index in [-0.39, 0.29) is 24.6 Å². The smallest absolute Gasteiger partial charge is 0.401 e. The summed E-state index contributed by atoms with van der Waals surface area (Å²) in [5.74, 6) is 1.83. The molecule has 0 aliphatic carbocycles. The number of aryl methyl sites for hydroxylation is 1. The number of nitrogens with zero attached hydrogens (tertiary/aromatic N) is 7. The molecular formula is C28H30F3N9O3. The monoisotopic (exact) mass is 597 g/mol. The van der Waals surface area contributed by atoms with E-state index in [2.05, 4.69) is 35.7 Å². The third-order valence-electron chi connectivity index (χ3n) is 6.66. The number of aromatic nitrogens is 6. The Kier molecular flexibility index (Phi) is 8.71. The van der Waals surface area contributed by atoms with E-state index >= 15 is 0 Å². The molecule has 1 saturated heterocycles. The second-order valence-corrected chi connectivity index (χ2v) is 9.89. The van der Waals surface area contributed by atoms with Crippen LogP contribution < -0.4 is 20.1 Å². The topological polar surface area (TPSA) is 132 Å². The fourth-order valence-corrected chi connectivity index (χ4v) is 4.71. The molecule has 43 heavy (non-hydrogen) atoms. The van der Waals surface area contributed by atoms with Crippen molar-refractivity contribution in [3.8, 4) is 23.0 Å². The van der Waals surface area contributed by atoms with Gasteiger partial charge in [0, 0.05) is 38.8 Å². The zero-order valence-corrected chi connectivity index (χ0v) is 23.7. The number of likely N-dealkylation sites (tertiary alicyclic amines) is 1. The number of methoxy groups -OCH3 is 1. The normalized spacial score (nSPS) is 15.3. The van der Waals surface area contributed by atoms with E-state index in [1.54, 1.807) is 38.2 Å². The molecule has 0 bridgehead atoms. The number of alkyl halides is 3. The van der Waals surface area contributed by atoms with Crippen LogP contribution >= 0.6 is 0 Å². The highest BCUT2D eigenvalue weighted by Crippen LogP contribution is 2.37. The van der Waals surface area contributed by atoms with E-state index < -0.39 is 18.8 Å². The van der Waals surface area contributed by atoms with Crippen LogP contribution in [0.1, 0.15) is 30.1 Å². The molecule has 0 unspecified atom stereocenters. The van der Waals surface area contributed by atoms with Crippen molar-refractivity contribution in [2.24, 2.45) is 7.05 Å². The van der Waals surface area contributed by atoms with Crippen molar-refractivity contribution >= 4 is 28.8 Å². The van der Waals surface area contributed by atoms with Gasteiger partial charge in [0.2, 0.25) is 5.88 Å². The van der Waals surface area contributed by atoms with Gasteiger partial charge in [0.15, 0.2) is 17.4 Å². The number of ether oxygens (including phenoxy) is 2. The van der Waals surface area contributed by atoms with Crippen molar-refractivity contribution in [3.05, 3.63) is 54.7 Å². The molecule has 1 aliphatic rings. The van der Waals surface area contributed by atoms with E-state index in [1.165, 1.54) is 23.5 Å². The lowest BCUT2D eigenvalue weighted by Crippen LogP contribution is -2.33. The fourth-order valence-electron chi connectivity index (χ4n) is 4.71. The molecule has 15 heteroatoms. The van der Waals surface area contributed by atoms with Gasteiger partial charge in [-0.3, -0.25) is 14.4 Å². The predicted molar refractivity (Wildman–Crippen MR) is 152 cm³/mol. The van der Waals surface area contributed by atoms with Crippen LogP contribution in [0.4, 0.5) is 36.2 Å². The van der Waals surface area contributed by atoms with E-state index in [0.717, 1.165) is 0 Å². The first-order valence-corrected chi connectivity index (χ1v) is 13.5. The summed E-state index contributed by atoms with van der Waals surface area (Å²) in [4.78, 5) is 31.3. The Labute approximate surface area is 245 Å². The number of carbonyl (C=O) groups excluding carboxylic acids is 1. The summed E-state index contributed by atoms with van der Waals surface area (Å²) in [5.41, 5.74) is 2.15. The second-order valence-electron chi connectivity index (χ2n) is 9.89. The Morgan fingerprint density at radius 3 is 2.56 bits per heavy atom. The lowest BCUT2D eigenvalue weighted by atomic mass is 10.1. The molecule has 12 nitrogen and oxygen atoms in total. The predicted octanol–water partition coefficient (Wildman–Crippen LogP) is 4.77. The summed E-state index contributed by atoms with van der Waals surface area (Å²) >= 11 is 0. The molecule has 1 fully saturated rings. The van der Waals surface area contributed by atoms with Gasteiger partial charge in [-0.05, 0) is 18.6 Å². The van der Waals surface area contributed by atoms with Crippen LogP contribution in [0.2, 0.25) is 0 Å². The van der Waals surface area contributed by atoms with Gasteiger partial charge >= 0.3 is 6.18 Å². The summed E-state index contributed by atoms with van der Waals surface area (Å²) < 4.78 is 51.0. The molecule has 0 spiro atoms. The van der Waals surface area contributed by atoms with Crippen LogP contribution in [0, 0.1) is 0 Å². The van der Waals surface area contributed by atoms with Crippen molar-refractivity contribution in [2.75, 3.05) is 37.4 Å². The van der Waals surface area contributed by atoms with Crippen LogP contribution in [-0.2, 0) is 7.05 Å². The van der Waals surface area contributed by atoms with Gasteiger partial charge in [0.1, 0.15) is 24.1 Å². The number of nitrogens with one attached hydrogen (secondary N) is 2. The minimum Gasteiger partial charge on any atom is -0.494 e. The summed E-state index contributed by atoms with van der Waals surface area (Å²) in [5, 5.41) is 10.7. The standard InChI is InChI=1S/C28H30F3N9O3/c1-4-22(41)19-11-32-23(10-21(19)36-20-7-5-6-18(26(20)42-3)27-35-16-39(2)38-27)37-24-12-34-25(13-33-24)43-17-8-9-40(14-17)15-28(29,30)31/h5-7,10-13,16-17H,4,8-9,14-15H2,1-3H3,(H2,32,33,36,37)/t17-/m1/s1. The summed E-state index contributed by atoms with van der Waals surface area (Å²) in [6.45, 7) is 1.26. The van der Waals surface area contributed by atoms with E-state index in [4.69, 9.17) is 9.47 Å². The van der Waals surface area contributed by atoms with Gasteiger partial charge < -0.3 is 20.1 Å². The number of anilines is 4. The van der Waals surface area contributed by atoms with Crippen LogP contribution in [0.5, 0.6) is 11.6 Å². The van der Waals surface area contributed by atoms with Crippen LogP contribution in [-0.4, -0.2) is 79.4 Å². The van der Waals surface area contributed by atoms with Crippen molar-refractivity contribution in [2.45, 2.75) is 32.0 Å². The molecule has 2 N–H and O–H groups in total. The first-order valence-electron chi connectivity index (χ1n) is 13.5. The van der Waals surface area contributed by atoms with E-state index in [0.29, 0.717) is 58.7 Å². The highest BCUT2D eigenvalue weighted by molar-refractivity contribution is 6.02. The largest absolute Gasteiger partial charge is 0.494 e. The number of para-hydroxylation sites is 1. The summed E-state index contributed by atoms with van der Waals surface area (Å²) in [6, 6.07) is 7.16. The summed E-state index contributed by atoms with van der Waals surface area (Å²) in [7, 11) is 3.32. The number of ketones is 1. The van der Waals surface area contributed by atoms with Crippen LogP contribution in [0.3, 0.4) is 0 Å². The maximum atomic E-state index is 12.8. The number of benzene rings is 1. The Balaban J connectivity index is 1.32. The lowest BCUT2D eigenvalue weighted by Gasteiger charge is -2.18. The molecule has 1 atom stereocenters. The van der Waals surface area contributed by atoms with Gasteiger partial charge in [0.05, 0.1) is 48.5 Å². The molecular weight excluding hydrogens is 567 g/mol. The minimum absolute atomic E-state index is 0.106. The molecule has 5 rings (SSSR count). The van der Waals surface area contributed by atoms with E-state index in [1.807, 2.05) is 18.2 Å². The van der Waals surface area contributed by atoms with Crippen molar-refractivity contribution in [1.29, 1.82) is 0 Å². The first kappa shape index (κ1) is 29.7. The Morgan fingerprint density at radius 1 is 1.07 bits per heavy atom. The van der Waals surface area contributed by atoms with Crippen molar-refractivity contribution in [1.82, 2.24) is 34.6 Å². The lowest BCUT2D eigenvalue weighted by molar-refractivity contribution is -0.144. The average molecular weight is 598 g/mol. The number of pyridine rings is 1. The van der Waals surface area contributed by atoms with Gasteiger partial charge in [-0.2, -0.15) is 18.3 Å². The third-order valence-corrected chi connectivity index (χ3v) is 6.66. The second kappa shape index (κ2) is 12.6. The highest BCUT2D eigenvalue weighted by Gasteiger charge is 2.35.